The SMILES string of the molecule is COc1cc(/C=N/NC(=O)CN(Cc2ccccc2Cl)S(=O)(=O)c2ccc(Br)cc2)cc(OC)c1OC. The van der Waals surface area contributed by atoms with Crippen LogP contribution in [0.5, 0.6) is 17.2 Å². The summed E-state index contributed by atoms with van der Waals surface area (Å²) in [5.74, 6) is 0.609. The average molecular weight is 611 g/mol. The van der Waals surface area contributed by atoms with Gasteiger partial charge in [-0.3, -0.25) is 4.79 Å². The lowest BCUT2D eigenvalue weighted by Crippen LogP contribution is -2.39. The van der Waals surface area contributed by atoms with Gasteiger partial charge >= 0.3 is 0 Å². The van der Waals surface area contributed by atoms with E-state index in [-0.39, 0.29) is 11.4 Å². The summed E-state index contributed by atoms with van der Waals surface area (Å²) >= 11 is 9.56. The number of rotatable bonds is 11. The lowest BCUT2D eigenvalue weighted by atomic mass is 10.2. The van der Waals surface area contributed by atoms with Crippen molar-refractivity contribution in [2.45, 2.75) is 11.4 Å². The molecule has 9 nitrogen and oxygen atoms in total. The fourth-order valence-electron chi connectivity index (χ4n) is 3.35. The molecule has 1 N–H and O–H groups in total. The summed E-state index contributed by atoms with van der Waals surface area (Å²) in [5.41, 5.74) is 3.48. The van der Waals surface area contributed by atoms with Crippen molar-refractivity contribution in [1.29, 1.82) is 0 Å². The lowest BCUT2D eigenvalue weighted by Gasteiger charge is -2.22. The van der Waals surface area contributed by atoms with Crippen LogP contribution in [0.25, 0.3) is 0 Å². The summed E-state index contributed by atoms with van der Waals surface area (Å²) in [6.45, 7) is -0.599. The van der Waals surface area contributed by atoms with Crippen LogP contribution < -0.4 is 19.6 Å². The van der Waals surface area contributed by atoms with Crippen molar-refractivity contribution >= 4 is 49.7 Å². The fourth-order valence-corrected chi connectivity index (χ4v) is 5.18. The van der Waals surface area contributed by atoms with Crippen LogP contribution in [0.1, 0.15) is 11.1 Å². The van der Waals surface area contributed by atoms with E-state index < -0.39 is 22.5 Å². The van der Waals surface area contributed by atoms with Gasteiger partial charge in [-0.25, -0.2) is 13.8 Å². The summed E-state index contributed by atoms with van der Waals surface area (Å²) in [4.78, 5) is 12.8. The predicted octanol–water partition coefficient (Wildman–Crippen LogP) is 4.47. The van der Waals surface area contributed by atoms with Gasteiger partial charge in [-0.15, -0.1) is 0 Å². The van der Waals surface area contributed by atoms with E-state index >= 15 is 0 Å². The van der Waals surface area contributed by atoms with Crippen LogP contribution in [0, 0.1) is 0 Å². The van der Waals surface area contributed by atoms with E-state index in [9.17, 15) is 13.2 Å². The first-order chi connectivity index (χ1) is 17.7. The smallest absolute Gasteiger partial charge is 0.255 e. The molecular formula is C25H25BrClN3O6S. The summed E-state index contributed by atoms with van der Waals surface area (Å²) in [7, 11) is 0.426. The second-order valence-corrected chi connectivity index (χ2v) is 10.8. The zero-order chi connectivity index (χ0) is 27.0. The molecule has 0 saturated carbocycles. The molecule has 1 amide bonds. The van der Waals surface area contributed by atoms with Crippen molar-refractivity contribution in [1.82, 2.24) is 9.73 Å². The number of carbonyl (C=O) groups is 1. The topological polar surface area (TPSA) is 107 Å². The average Bonchev–Trinajstić information content (AvgIpc) is 2.89. The monoisotopic (exact) mass is 609 g/mol. The van der Waals surface area contributed by atoms with Gasteiger partial charge in [0.05, 0.1) is 39.0 Å². The number of benzene rings is 3. The number of carbonyl (C=O) groups excluding carboxylic acids is 1. The maximum atomic E-state index is 13.4. The molecule has 0 fully saturated rings. The third-order valence-electron chi connectivity index (χ3n) is 5.17. The molecule has 3 aromatic carbocycles. The van der Waals surface area contributed by atoms with Crippen molar-refractivity contribution in [2.75, 3.05) is 27.9 Å². The number of methoxy groups -OCH3 is 3. The van der Waals surface area contributed by atoms with Crippen LogP contribution in [-0.2, 0) is 21.4 Å². The summed E-state index contributed by atoms with van der Waals surface area (Å²) in [6.07, 6.45) is 1.38. The number of sulfonamides is 1. The number of hydrogen-bond donors (Lipinski definition) is 1. The van der Waals surface area contributed by atoms with E-state index in [0.717, 1.165) is 8.78 Å². The largest absolute Gasteiger partial charge is 0.493 e. The Hall–Kier alpha value is -3.12. The third-order valence-corrected chi connectivity index (χ3v) is 7.87. The minimum Gasteiger partial charge on any atom is -0.493 e. The van der Waals surface area contributed by atoms with Gasteiger partial charge < -0.3 is 14.2 Å². The Morgan fingerprint density at radius 3 is 2.22 bits per heavy atom. The number of halogens is 2. The predicted molar refractivity (Wildman–Crippen MR) is 145 cm³/mol. The summed E-state index contributed by atoms with van der Waals surface area (Å²) < 4.78 is 44.5. The maximum Gasteiger partial charge on any atom is 0.255 e. The van der Waals surface area contributed by atoms with E-state index in [1.165, 1.54) is 39.7 Å². The number of amides is 1. The zero-order valence-corrected chi connectivity index (χ0v) is 23.4. The van der Waals surface area contributed by atoms with Crippen molar-refractivity contribution in [2.24, 2.45) is 5.10 Å². The number of hydrogen-bond acceptors (Lipinski definition) is 7. The Balaban J connectivity index is 1.82. The molecule has 0 aliphatic rings. The Labute approximate surface area is 229 Å². The van der Waals surface area contributed by atoms with E-state index in [4.69, 9.17) is 25.8 Å². The molecule has 3 aromatic rings. The quantitative estimate of drug-likeness (QED) is 0.254. The number of nitrogens with zero attached hydrogens (tertiary/aromatic N) is 2. The first-order valence-corrected chi connectivity index (χ1v) is 13.4. The van der Waals surface area contributed by atoms with Gasteiger partial charge in [-0.2, -0.15) is 9.41 Å². The van der Waals surface area contributed by atoms with Crippen LogP contribution in [-0.4, -0.2) is 52.7 Å². The third kappa shape index (κ3) is 7.22. The van der Waals surface area contributed by atoms with Crippen molar-refractivity contribution < 1.29 is 27.4 Å². The Morgan fingerprint density at radius 2 is 1.65 bits per heavy atom. The molecular weight excluding hydrogens is 586 g/mol. The first-order valence-electron chi connectivity index (χ1n) is 10.8. The normalized spacial score (nSPS) is 11.5. The number of ether oxygens (including phenoxy) is 3. The van der Waals surface area contributed by atoms with E-state index in [0.29, 0.717) is 33.4 Å². The molecule has 0 heterocycles. The molecule has 196 valence electrons. The van der Waals surface area contributed by atoms with Gasteiger partial charge in [-0.1, -0.05) is 45.7 Å². The molecule has 12 heteroatoms. The molecule has 0 aromatic heterocycles. The molecule has 0 saturated heterocycles. The van der Waals surface area contributed by atoms with Gasteiger partial charge in [0.2, 0.25) is 15.8 Å². The van der Waals surface area contributed by atoms with Crippen molar-refractivity contribution in [3.8, 4) is 17.2 Å². The van der Waals surface area contributed by atoms with Crippen LogP contribution >= 0.6 is 27.5 Å². The Bertz CT molecular complexity index is 1360. The highest BCUT2D eigenvalue weighted by molar-refractivity contribution is 9.10. The van der Waals surface area contributed by atoms with Gasteiger partial charge in [0.25, 0.3) is 5.91 Å². The Kier molecular flexibility index (Phi) is 9.93. The molecule has 0 aliphatic carbocycles. The lowest BCUT2D eigenvalue weighted by molar-refractivity contribution is -0.121. The molecule has 0 unspecified atom stereocenters. The standard InChI is InChI=1S/C25H25BrClN3O6S/c1-34-22-12-17(13-23(35-2)25(22)36-3)14-28-29-24(31)16-30(15-18-6-4-5-7-21(18)27)37(32,33)20-10-8-19(26)9-11-20/h4-14H,15-16H2,1-3H3,(H,29,31)/b28-14+. The van der Waals surface area contributed by atoms with Gasteiger partial charge in [0, 0.05) is 21.6 Å². The first kappa shape index (κ1) is 28.5. The molecule has 0 aliphatic heterocycles. The zero-order valence-electron chi connectivity index (χ0n) is 20.3. The molecule has 0 radical (unpaired) electrons. The minimum absolute atomic E-state index is 0.0384. The molecule has 0 spiro atoms. The molecule has 3 rings (SSSR count). The van der Waals surface area contributed by atoms with E-state index in [2.05, 4.69) is 26.5 Å². The van der Waals surface area contributed by atoms with Crippen LogP contribution in [0.3, 0.4) is 0 Å². The Morgan fingerprint density at radius 1 is 1.03 bits per heavy atom. The van der Waals surface area contributed by atoms with Crippen LogP contribution in [0.4, 0.5) is 0 Å². The number of nitrogens with one attached hydrogen (secondary N) is 1. The second-order valence-electron chi connectivity index (χ2n) is 7.57. The highest BCUT2D eigenvalue weighted by Gasteiger charge is 2.27. The highest BCUT2D eigenvalue weighted by atomic mass is 79.9. The summed E-state index contributed by atoms with van der Waals surface area (Å²) in [5, 5.41) is 4.35. The number of hydrazone groups is 1. The highest BCUT2D eigenvalue weighted by Crippen LogP contribution is 2.37. The van der Waals surface area contributed by atoms with Gasteiger partial charge in [0.1, 0.15) is 0 Å². The van der Waals surface area contributed by atoms with Crippen molar-refractivity contribution in [3.05, 3.63) is 81.3 Å². The molecule has 37 heavy (non-hydrogen) atoms. The maximum absolute atomic E-state index is 13.4. The summed E-state index contributed by atoms with van der Waals surface area (Å²) in [6, 6.07) is 16.3. The van der Waals surface area contributed by atoms with Gasteiger partial charge in [0.15, 0.2) is 11.5 Å². The van der Waals surface area contributed by atoms with E-state index in [1.54, 1.807) is 48.5 Å². The minimum atomic E-state index is -4.04. The fraction of sp³-hybridized carbons (Fsp3) is 0.200. The molecule has 0 bridgehead atoms. The van der Waals surface area contributed by atoms with Crippen LogP contribution in [0.2, 0.25) is 5.02 Å². The van der Waals surface area contributed by atoms with Gasteiger partial charge in [-0.05, 0) is 48.0 Å². The van der Waals surface area contributed by atoms with Crippen LogP contribution in [0.15, 0.2) is 75.1 Å². The van der Waals surface area contributed by atoms with Crippen molar-refractivity contribution in [3.63, 3.8) is 0 Å². The second kappa shape index (κ2) is 12.9. The van der Waals surface area contributed by atoms with E-state index in [1.807, 2.05) is 0 Å². The molecule has 0 atom stereocenters.